The van der Waals surface area contributed by atoms with Crippen molar-refractivity contribution in [2.45, 2.75) is 18.9 Å². The van der Waals surface area contributed by atoms with Crippen molar-refractivity contribution in [2.75, 3.05) is 7.11 Å². The van der Waals surface area contributed by atoms with Crippen molar-refractivity contribution >= 4 is 23.3 Å². The second-order valence-corrected chi connectivity index (χ2v) is 4.29. The topological polar surface area (TPSA) is 69.7 Å². The summed E-state index contributed by atoms with van der Waals surface area (Å²) in [7, 11) is 1.15. The molecule has 1 aliphatic rings. The van der Waals surface area contributed by atoms with Gasteiger partial charge in [0.15, 0.2) is 5.78 Å². The molecule has 0 bridgehead atoms. The van der Waals surface area contributed by atoms with E-state index in [1.54, 1.807) is 37.3 Å². The van der Waals surface area contributed by atoms with Gasteiger partial charge in [-0.05, 0) is 5.56 Å². The van der Waals surface area contributed by atoms with Crippen LogP contribution in [0.15, 0.2) is 36.4 Å². The molecular weight excluding hydrogens is 260 g/mol. The summed E-state index contributed by atoms with van der Waals surface area (Å²) < 4.78 is 9.75. The number of ketones is 1. The van der Waals surface area contributed by atoms with E-state index in [0.29, 0.717) is 5.56 Å². The third kappa shape index (κ3) is 2.01. The normalized spacial score (nSPS) is 21.1. The number of Topliss-reactive ketones (excluding diaryl/α,β-unsaturated/α-hetero) is 1. The number of hydrogen-bond donors (Lipinski definition) is 0. The average molecular weight is 274 g/mol. The van der Waals surface area contributed by atoms with Crippen LogP contribution < -0.4 is 0 Å². The Bertz CT molecular complexity index is 570. The zero-order valence-corrected chi connectivity index (χ0v) is 11.2. The maximum atomic E-state index is 12.2. The Kier molecular flexibility index (Phi) is 3.70. The Hall–Kier alpha value is -2.43. The lowest BCUT2D eigenvalue weighted by Gasteiger charge is -2.26. The molecule has 0 saturated heterocycles. The zero-order chi connectivity index (χ0) is 14.8. The molecule has 1 aromatic rings. The van der Waals surface area contributed by atoms with E-state index >= 15 is 0 Å². The van der Waals surface area contributed by atoms with Crippen LogP contribution in [0.25, 0.3) is 5.57 Å². The quantitative estimate of drug-likeness (QED) is 0.615. The minimum absolute atomic E-state index is 0.0482. The average Bonchev–Trinajstić information content (AvgIpc) is 2.85. The molecule has 0 saturated carbocycles. The lowest BCUT2D eigenvalue weighted by Crippen LogP contribution is -2.49. The van der Waals surface area contributed by atoms with Crippen molar-refractivity contribution in [2.24, 2.45) is 0 Å². The van der Waals surface area contributed by atoms with E-state index in [-0.39, 0.29) is 12.0 Å². The second kappa shape index (κ2) is 5.28. The molecule has 0 fully saturated rings. The first-order valence-electron chi connectivity index (χ1n) is 6.18. The van der Waals surface area contributed by atoms with Crippen molar-refractivity contribution in [3.8, 4) is 0 Å². The molecule has 1 aromatic carbocycles. The van der Waals surface area contributed by atoms with Crippen LogP contribution >= 0.6 is 0 Å². The molecule has 0 amide bonds. The van der Waals surface area contributed by atoms with Gasteiger partial charge in [-0.2, -0.15) is 0 Å². The predicted molar refractivity (Wildman–Crippen MR) is 70.6 cm³/mol. The molecule has 2 rings (SSSR count). The zero-order valence-electron chi connectivity index (χ0n) is 11.2. The van der Waals surface area contributed by atoms with Crippen LogP contribution in [0.1, 0.15) is 18.9 Å². The number of ether oxygens (including phenoxy) is 2. The first-order valence-corrected chi connectivity index (χ1v) is 6.18. The Morgan fingerprint density at radius 3 is 2.45 bits per heavy atom. The minimum Gasteiger partial charge on any atom is -0.465 e. The molecule has 1 atom stereocenters. The highest BCUT2D eigenvalue weighted by Crippen LogP contribution is 2.38. The number of cyclic esters (lactones) is 1. The lowest BCUT2D eigenvalue weighted by molar-refractivity contribution is -0.172. The number of carbonyl (C=O) groups excluding carboxylic acids is 3. The largest absolute Gasteiger partial charge is 0.465 e. The molecule has 5 nitrogen and oxygen atoms in total. The van der Waals surface area contributed by atoms with Crippen molar-refractivity contribution in [3.05, 3.63) is 42.0 Å². The summed E-state index contributed by atoms with van der Waals surface area (Å²) in [5, 5.41) is 0. The molecule has 20 heavy (non-hydrogen) atoms. The number of benzene rings is 1. The molecule has 0 aliphatic carbocycles. The van der Waals surface area contributed by atoms with E-state index in [4.69, 9.17) is 4.74 Å². The van der Waals surface area contributed by atoms with Crippen molar-refractivity contribution < 1.29 is 23.9 Å². The summed E-state index contributed by atoms with van der Waals surface area (Å²) in [5.41, 5.74) is -1.19. The Morgan fingerprint density at radius 2 is 1.90 bits per heavy atom. The SMILES string of the molecule is CCC(=O)C1(C(=O)OC)OC(=O)C=C1c1ccccc1. The Balaban J connectivity index is 2.62. The number of hydrogen-bond acceptors (Lipinski definition) is 5. The second-order valence-electron chi connectivity index (χ2n) is 4.29. The van der Waals surface area contributed by atoms with Crippen molar-refractivity contribution in [3.63, 3.8) is 0 Å². The van der Waals surface area contributed by atoms with Crippen LogP contribution in [0.5, 0.6) is 0 Å². The third-order valence-corrected chi connectivity index (χ3v) is 3.17. The van der Waals surface area contributed by atoms with Crippen LogP contribution in [0, 0.1) is 0 Å². The van der Waals surface area contributed by atoms with Crippen LogP contribution in [-0.4, -0.2) is 30.4 Å². The summed E-state index contributed by atoms with van der Waals surface area (Å²) in [6.45, 7) is 1.60. The van der Waals surface area contributed by atoms with E-state index in [2.05, 4.69) is 4.74 Å². The van der Waals surface area contributed by atoms with E-state index in [1.807, 2.05) is 0 Å². The monoisotopic (exact) mass is 274 g/mol. The van der Waals surface area contributed by atoms with Crippen LogP contribution in [-0.2, 0) is 23.9 Å². The number of methoxy groups -OCH3 is 1. The number of esters is 2. The highest BCUT2D eigenvalue weighted by atomic mass is 16.6. The van der Waals surface area contributed by atoms with Gasteiger partial charge in [0.1, 0.15) is 0 Å². The molecule has 1 aliphatic heterocycles. The van der Waals surface area contributed by atoms with Crippen LogP contribution in [0.3, 0.4) is 0 Å². The molecule has 0 spiro atoms. The summed E-state index contributed by atoms with van der Waals surface area (Å²) in [6.07, 6.45) is 1.21. The van der Waals surface area contributed by atoms with Gasteiger partial charge < -0.3 is 9.47 Å². The predicted octanol–water partition coefficient (Wildman–Crippen LogP) is 1.52. The summed E-state index contributed by atoms with van der Waals surface area (Å²) in [4.78, 5) is 36.0. The molecule has 104 valence electrons. The standard InChI is InChI=1S/C15H14O5/c1-3-12(16)15(14(18)19-2)11(9-13(17)20-15)10-7-5-4-6-8-10/h4-9H,3H2,1-2H3. The van der Waals surface area contributed by atoms with Crippen molar-refractivity contribution in [1.82, 2.24) is 0 Å². The van der Waals surface area contributed by atoms with Gasteiger partial charge in [-0.1, -0.05) is 37.3 Å². The van der Waals surface area contributed by atoms with Crippen LogP contribution in [0.2, 0.25) is 0 Å². The van der Waals surface area contributed by atoms with Gasteiger partial charge in [0, 0.05) is 18.1 Å². The molecule has 1 unspecified atom stereocenters. The first kappa shape index (κ1) is 14.0. The molecule has 5 heteroatoms. The summed E-state index contributed by atoms with van der Waals surface area (Å²) in [6, 6.07) is 8.70. The fourth-order valence-electron chi connectivity index (χ4n) is 2.22. The van der Waals surface area contributed by atoms with Gasteiger partial charge in [0.25, 0.3) is 5.60 Å². The molecule has 1 heterocycles. The summed E-state index contributed by atoms with van der Waals surface area (Å²) in [5.74, 6) is -2.12. The fourth-order valence-corrected chi connectivity index (χ4v) is 2.22. The van der Waals surface area contributed by atoms with Gasteiger partial charge in [0.05, 0.1) is 7.11 Å². The third-order valence-electron chi connectivity index (χ3n) is 3.17. The number of rotatable bonds is 4. The minimum atomic E-state index is -1.98. The van der Waals surface area contributed by atoms with Gasteiger partial charge >= 0.3 is 11.9 Å². The lowest BCUT2D eigenvalue weighted by atomic mass is 9.84. The van der Waals surface area contributed by atoms with E-state index < -0.39 is 23.3 Å². The first-order chi connectivity index (χ1) is 9.56. The summed E-state index contributed by atoms with van der Waals surface area (Å²) >= 11 is 0. The van der Waals surface area contributed by atoms with Gasteiger partial charge in [-0.3, -0.25) is 4.79 Å². The van der Waals surface area contributed by atoms with Gasteiger partial charge in [0.2, 0.25) is 0 Å². The van der Waals surface area contributed by atoms with E-state index in [0.717, 1.165) is 7.11 Å². The maximum absolute atomic E-state index is 12.2. The molecule has 0 radical (unpaired) electrons. The fraction of sp³-hybridized carbons (Fsp3) is 0.267. The molecular formula is C15H14O5. The van der Waals surface area contributed by atoms with Crippen molar-refractivity contribution in [1.29, 1.82) is 0 Å². The molecule has 0 N–H and O–H groups in total. The molecule has 0 aromatic heterocycles. The maximum Gasteiger partial charge on any atom is 0.363 e. The smallest absolute Gasteiger partial charge is 0.363 e. The van der Waals surface area contributed by atoms with Gasteiger partial charge in [-0.25, -0.2) is 9.59 Å². The number of carbonyl (C=O) groups is 3. The Morgan fingerprint density at radius 1 is 1.25 bits per heavy atom. The van der Waals surface area contributed by atoms with Gasteiger partial charge in [-0.15, -0.1) is 0 Å². The van der Waals surface area contributed by atoms with Crippen LogP contribution in [0.4, 0.5) is 0 Å². The van der Waals surface area contributed by atoms with E-state index in [9.17, 15) is 14.4 Å². The highest BCUT2D eigenvalue weighted by Gasteiger charge is 2.56. The van der Waals surface area contributed by atoms with E-state index in [1.165, 1.54) is 6.08 Å². The highest BCUT2D eigenvalue weighted by molar-refractivity contribution is 6.24. The Labute approximate surface area is 116 Å².